The molecule has 2 N–H and O–H groups in total. The van der Waals surface area contributed by atoms with E-state index in [1.807, 2.05) is 0 Å². The van der Waals surface area contributed by atoms with Crippen LogP contribution in [0.15, 0.2) is 18.2 Å². The molecule has 0 aromatic heterocycles. The first kappa shape index (κ1) is 15.3. The molecule has 1 rings (SSSR count). The lowest BCUT2D eigenvalue weighted by Gasteiger charge is -2.10. The summed E-state index contributed by atoms with van der Waals surface area (Å²) in [5.74, 6) is 0.0535. The Morgan fingerprint density at radius 3 is 3.00 bits per heavy atom. The number of halogens is 2. The Morgan fingerprint density at radius 2 is 2.33 bits per heavy atom. The smallest absolute Gasteiger partial charge is 0.323 e. The highest BCUT2D eigenvalue weighted by Gasteiger charge is 2.14. The summed E-state index contributed by atoms with van der Waals surface area (Å²) in [6.07, 6.45) is 0. The molecule has 1 unspecified atom stereocenters. The van der Waals surface area contributed by atoms with Crippen molar-refractivity contribution in [2.75, 3.05) is 12.4 Å². The molecule has 0 radical (unpaired) electrons. The fraction of sp³-hybridized carbons (Fsp3) is 0.417. The van der Waals surface area contributed by atoms with Gasteiger partial charge in [0.05, 0.1) is 6.61 Å². The van der Waals surface area contributed by atoms with Gasteiger partial charge in [-0.3, -0.25) is 4.79 Å². The number of carbonyl (C=O) groups excluding carboxylic acids is 1. The Morgan fingerprint density at radius 1 is 1.61 bits per heavy atom. The average Bonchev–Trinajstić information content (AvgIpc) is 2.33. The monoisotopic (exact) mass is 291 g/mol. The van der Waals surface area contributed by atoms with E-state index in [0.29, 0.717) is 28.7 Å². The Bertz CT molecular complexity index is 417. The number of benzene rings is 1. The molecule has 18 heavy (non-hydrogen) atoms. The standard InChI is InChI=1S/C12H15ClFNO2S/c1-2-17-12(16)11(15)7-18-6-8-5-9(13)3-4-10(8)14/h3-5,11H,2,6-7,15H2,1H3. The second-order valence-electron chi connectivity index (χ2n) is 3.61. The highest BCUT2D eigenvalue weighted by Crippen LogP contribution is 2.20. The molecule has 0 saturated heterocycles. The first-order valence-electron chi connectivity index (χ1n) is 5.48. The van der Waals surface area contributed by atoms with Crippen molar-refractivity contribution < 1.29 is 13.9 Å². The minimum absolute atomic E-state index is 0.306. The van der Waals surface area contributed by atoms with E-state index >= 15 is 0 Å². The van der Waals surface area contributed by atoms with Crippen molar-refractivity contribution in [2.24, 2.45) is 5.73 Å². The van der Waals surface area contributed by atoms with Gasteiger partial charge in [0, 0.05) is 16.5 Å². The summed E-state index contributed by atoms with van der Waals surface area (Å²) < 4.78 is 18.2. The molecule has 0 heterocycles. The summed E-state index contributed by atoms with van der Waals surface area (Å²) in [5.41, 5.74) is 6.12. The highest BCUT2D eigenvalue weighted by atomic mass is 35.5. The maximum atomic E-state index is 13.4. The van der Waals surface area contributed by atoms with Crippen molar-refractivity contribution in [1.29, 1.82) is 0 Å². The van der Waals surface area contributed by atoms with Crippen molar-refractivity contribution in [1.82, 2.24) is 0 Å². The topological polar surface area (TPSA) is 52.3 Å². The van der Waals surface area contributed by atoms with Gasteiger partial charge < -0.3 is 10.5 Å². The first-order chi connectivity index (χ1) is 8.54. The molecule has 1 atom stereocenters. The number of esters is 1. The lowest BCUT2D eigenvalue weighted by Crippen LogP contribution is -2.34. The molecule has 1 aromatic rings. The van der Waals surface area contributed by atoms with Gasteiger partial charge in [-0.1, -0.05) is 11.6 Å². The molecule has 0 spiro atoms. The van der Waals surface area contributed by atoms with Gasteiger partial charge in [-0.25, -0.2) is 4.39 Å². The molecule has 0 saturated carbocycles. The Labute approximate surface area is 115 Å². The third-order valence-corrected chi connectivity index (χ3v) is 3.50. The lowest BCUT2D eigenvalue weighted by molar-refractivity contribution is -0.144. The van der Waals surface area contributed by atoms with Gasteiger partial charge in [0.1, 0.15) is 11.9 Å². The van der Waals surface area contributed by atoms with Crippen LogP contribution in [-0.2, 0) is 15.3 Å². The third-order valence-electron chi connectivity index (χ3n) is 2.15. The van der Waals surface area contributed by atoms with Gasteiger partial charge in [0.15, 0.2) is 0 Å². The van der Waals surface area contributed by atoms with E-state index in [0.717, 1.165) is 0 Å². The van der Waals surface area contributed by atoms with Crippen LogP contribution in [0.25, 0.3) is 0 Å². The van der Waals surface area contributed by atoms with E-state index in [-0.39, 0.29) is 5.82 Å². The summed E-state index contributed by atoms with van der Waals surface area (Å²) >= 11 is 7.14. The minimum atomic E-state index is -0.683. The normalized spacial score (nSPS) is 12.2. The highest BCUT2D eigenvalue weighted by molar-refractivity contribution is 7.98. The second kappa shape index (κ2) is 7.61. The van der Waals surface area contributed by atoms with Gasteiger partial charge in [-0.05, 0) is 30.7 Å². The van der Waals surface area contributed by atoms with E-state index in [9.17, 15) is 9.18 Å². The third kappa shape index (κ3) is 4.84. The Balaban J connectivity index is 2.41. The van der Waals surface area contributed by atoms with E-state index < -0.39 is 12.0 Å². The van der Waals surface area contributed by atoms with Gasteiger partial charge in [-0.15, -0.1) is 0 Å². The summed E-state index contributed by atoms with van der Waals surface area (Å²) in [6, 6.07) is 3.70. The summed E-state index contributed by atoms with van der Waals surface area (Å²) in [5, 5.41) is 0.488. The molecule has 1 aromatic carbocycles. The van der Waals surface area contributed by atoms with E-state index in [4.69, 9.17) is 22.1 Å². The first-order valence-corrected chi connectivity index (χ1v) is 7.01. The number of carbonyl (C=O) groups is 1. The number of hydrogen-bond acceptors (Lipinski definition) is 4. The van der Waals surface area contributed by atoms with Crippen molar-refractivity contribution in [3.8, 4) is 0 Å². The largest absolute Gasteiger partial charge is 0.465 e. The van der Waals surface area contributed by atoms with Gasteiger partial charge >= 0.3 is 5.97 Å². The molecule has 0 aliphatic carbocycles. The van der Waals surface area contributed by atoms with Crippen LogP contribution in [0.4, 0.5) is 4.39 Å². The fourth-order valence-corrected chi connectivity index (χ4v) is 2.41. The molecule has 0 aliphatic rings. The number of rotatable bonds is 6. The van der Waals surface area contributed by atoms with E-state index in [1.165, 1.54) is 23.9 Å². The maximum Gasteiger partial charge on any atom is 0.323 e. The van der Waals surface area contributed by atoms with Crippen LogP contribution >= 0.6 is 23.4 Å². The molecular formula is C12H15ClFNO2S. The van der Waals surface area contributed by atoms with Crippen LogP contribution in [0.2, 0.25) is 5.02 Å². The zero-order chi connectivity index (χ0) is 13.5. The Kier molecular flexibility index (Phi) is 6.46. The van der Waals surface area contributed by atoms with Crippen LogP contribution in [-0.4, -0.2) is 24.4 Å². The SMILES string of the molecule is CCOC(=O)C(N)CSCc1cc(Cl)ccc1F. The van der Waals surface area contributed by atoms with Gasteiger partial charge in [-0.2, -0.15) is 11.8 Å². The predicted octanol–water partition coefficient (Wildman–Crippen LogP) is 2.60. The summed E-state index contributed by atoms with van der Waals surface area (Å²) in [4.78, 5) is 11.3. The second-order valence-corrected chi connectivity index (χ2v) is 5.08. The van der Waals surface area contributed by atoms with Gasteiger partial charge in [0.2, 0.25) is 0 Å². The van der Waals surface area contributed by atoms with Crippen LogP contribution in [0.5, 0.6) is 0 Å². The summed E-state index contributed by atoms with van der Waals surface area (Å²) in [6.45, 7) is 2.03. The van der Waals surface area contributed by atoms with Crippen molar-refractivity contribution in [2.45, 2.75) is 18.7 Å². The number of thioether (sulfide) groups is 1. The molecule has 100 valence electrons. The zero-order valence-electron chi connectivity index (χ0n) is 9.99. The predicted molar refractivity (Wildman–Crippen MR) is 72.2 cm³/mol. The molecule has 0 aliphatic heterocycles. The molecular weight excluding hydrogens is 277 g/mol. The van der Waals surface area contributed by atoms with Crippen molar-refractivity contribution in [3.63, 3.8) is 0 Å². The van der Waals surface area contributed by atoms with Crippen LogP contribution in [0.1, 0.15) is 12.5 Å². The molecule has 3 nitrogen and oxygen atoms in total. The zero-order valence-corrected chi connectivity index (χ0v) is 11.6. The Hall–Kier alpha value is -0.780. The number of nitrogens with two attached hydrogens (primary N) is 1. The van der Waals surface area contributed by atoms with Crippen LogP contribution in [0, 0.1) is 5.82 Å². The molecule has 0 bridgehead atoms. The fourth-order valence-electron chi connectivity index (χ4n) is 1.27. The molecule has 6 heteroatoms. The quantitative estimate of drug-likeness (QED) is 0.819. The minimum Gasteiger partial charge on any atom is -0.465 e. The molecule has 0 amide bonds. The van der Waals surface area contributed by atoms with Gasteiger partial charge in [0.25, 0.3) is 0 Å². The number of hydrogen-bond donors (Lipinski definition) is 1. The van der Waals surface area contributed by atoms with E-state index in [1.54, 1.807) is 13.0 Å². The van der Waals surface area contributed by atoms with Crippen LogP contribution < -0.4 is 5.73 Å². The molecule has 0 fully saturated rings. The summed E-state index contributed by atoms with van der Waals surface area (Å²) in [7, 11) is 0. The van der Waals surface area contributed by atoms with Crippen molar-refractivity contribution in [3.05, 3.63) is 34.6 Å². The van der Waals surface area contributed by atoms with E-state index in [2.05, 4.69) is 0 Å². The number of ether oxygens (including phenoxy) is 1. The lowest BCUT2D eigenvalue weighted by atomic mass is 10.2. The van der Waals surface area contributed by atoms with Crippen molar-refractivity contribution >= 4 is 29.3 Å². The van der Waals surface area contributed by atoms with Crippen LogP contribution in [0.3, 0.4) is 0 Å². The average molecular weight is 292 g/mol. The maximum absolute atomic E-state index is 13.4.